The topological polar surface area (TPSA) is 110 Å². The van der Waals surface area contributed by atoms with E-state index < -0.39 is 5.97 Å². The van der Waals surface area contributed by atoms with Gasteiger partial charge in [-0.1, -0.05) is 12.1 Å². The van der Waals surface area contributed by atoms with Crippen molar-refractivity contribution in [3.8, 4) is 0 Å². The number of rotatable bonds is 7. The van der Waals surface area contributed by atoms with Gasteiger partial charge in [0.1, 0.15) is 5.69 Å². The third-order valence-electron chi connectivity index (χ3n) is 4.39. The number of amides is 2. The maximum Gasteiger partial charge on any atom is 0.339 e. The molecule has 2 amide bonds. The third kappa shape index (κ3) is 5.72. The highest BCUT2D eigenvalue weighted by atomic mass is 16.5. The van der Waals surface area contributed by atoms with Crippen LogP contribution in [0.4, 0.5) is 5.69 Å². The molecule has 0 bridgehead atoms. The van der Waals surface area contributed by atoms with E-state index in [1.54, 1.807) is 56.6 Å². The van der Waals surface area contributed by atoms with Gasteiger partial charge in [-0.15, -0.1) is 0 Å². The van der Waals surface area contributed by atoms with E-state index in [-0.39, 0.29) is 30.7 Å². The Balaban J connectivity index is 1.62. The Bertz CT molecular complexity index is 1100. The fourth-order valence-electron chi connectivity index (χ4n) is 2.85. The number of ether oxygens (including phenoxy) is 1. The third-order valence-corrected chi connectivity index (χ3v) is 4.39. The van der Waals surface area contributed by atoms with Crippen LogP contribution in [-0.4, -0.2) is 34.4 Å². The van der Waals surface area contributed by atoms with E-state index in [1.807, 2.05) is 6.07 Å². The number of hydrogen-bond acceptors (Lipinski definition) is 6. The van der Waals surface area contributed by atoms with Gasteiger partial charge in [0.25, 0.3) is 11.8 Å². The van der Waals surface area contributed by atoms with Crippen molar-refractivity contribution in [1.29, 1.82) is 0 Å². The normalized spacial score (nSPS) is 10.3. The van der Waals surface area contributed by atoms with Crippen molar-refractivity contribution in [2.45, 2.75) is 20.4 Å². The Morgan fingerprint density at radius 1 is 1.00 bits per heavy atom. The van der Waals surface area contributed by atoms with Crippen LogP contribution in [0.1, 0.15) is 49.4 Å². The Labute approximate surface area is 179 Å². The first-order valence-corrected chi connectivity index (χ1v) is 9.71. The average molecular weight is 418 g/mol. The molecule has 0 unspecified atom stereocenters. The first kappa shape index (κ1) is 21.6. The summed E-state index contributed by atoms with van der Waals surface area (Å²) in [5.74, 6) is -1.08. The lowest BCUT2D eigenvalue weighted by Gasteiger charge is -2.10. The summed E-state index contributed by atoms with van der Waals surface area (Å²) in [6.07, 6.45) is 3.10. The second kappa shape index (κ2) is 10.1. The molecule has 8 nitrogen and oxygen atoms in total. The van der Waals surface area contributed by atoms with Gasteiger partial charge in [-0.2, -0.15) is 0 Å². The number of aromatic nitrogens is 2. The molecule has 158 valence electrons. The number of aryl methyl sites for hydroxylation is 1. The van der Waals surface area contributed by atoms with Crippen molar-refractivity contribution in [2.24, 2.45) is 0 Å². The molecule has 2 aromatic heterocycles. The molecule has 3 rings (SSSR count). The summed E-state index contributed by atoms with van der Waals surface area (Å²) in [5.41, 5.74) is 2.87. The zero-order chi connectivity index (χ0) is 22.2. The molecule has 0 saturated carbocycles. The van der Waals surface area contributed by atoms with E-state index >= 15 is 0 Å². The highest BCUT2D eigenvalue weighted by Crippen LogP contribution is 2.13. The molecule has 0 aliphatic rings. The molecule has 0 atom stereocenters. The van der Waals surface area contributed by atoms with E-state index in [4.69, 9.17) is 4.74 Å². The Kier molecular flexibility index (Phi) is 7.05. The lowest BCUT2D eigenvalue weighted by molar-refractivity contribution is 0.0524. The van der Waals surface area contributed by atoms with E-state index in [0.29, 0.717) is 22.5 Å². The molecule has 2 heterocycles. The largest absolute Gasteiger partial charge is 0.462 e. The van der Waals surface area contributed by atoms with Crippen LogP contribution in [0.5, 0.6) is 0 Å². The smallest absolute Gasteiger partial charge is 0.339 e. The fourth-order valence-corrected chi connectivity index (χ4v) is 2.85. The van der Waals surface area contributed by atoms with E-state index in [9.17, 15) is 14.4 Å². The molecule has 1 aromatic carbocycles. The number of hydrogen-bond donors (Lipinski definition) is 2. The number of carbonyl (C=O) groups is 3. The van der Waals surface area contributed by atoms with Crippen LogP contribution in [0.15, 0.2) is 60.9 Å². The molecule has 0 aliphatic carbocycles. The first-order chi connectivity index (χ1) is 15.0. The van der Waals surface area contributed by atoms with Crippen molar-refractivity contribution < 1.29 is 19.1 Å². The Morgan fingerprint density at radius 3 is 2.48 bits per heavy atom. The molecule has 0 saturated heterocycles. The fraction of sp³-hybridized carbons (Fsp3) is 0.174. The number of esters is 1. The van der Waals surface area contributed by atoms with Crippen molar-refractivity contribution in [3.05, 3.63) is 89.0 Å². The molecule has 2 N–H and O–H groups in total. The predicted octanol–water partition coefficient (Wildman–Crippen LogP) is 3.14. The van der Waals surface area contributed by atoms with Crippen LogP contribution in [0.25, 0.3) is 0 Å². The number of pyridine rings is 2. The van der Waals surface area contributed by atoms with Crippen LogP contribution in [0.2, 0.25) is 0 Å². The molecule has 31 heavy (non-hydrogen) atoms. The minimum atomic E-state index is -0.468. The van der Waals surface area contributed by atoms with Gasteiger partial charge in [-0.05, 0) is 55.8 Å². The molecule has 8 heteroatoms. The van der Waals surface area contributed by atoms with Crippen molar-refractivity contribution in [1.82, 2.24) is 15.3 Å². The lowest BCUT2D eigenvalue weighted by Crippen LogP contribution is -2.24. The Hall–Kier alpha value is -4.07. The van der Waals surface area contributed by atoms with Crippen LogP contribution in [0, 0.1) is 6.92 Å². The summed E-state index contributed by atoms with van der Waals surface area (Å²) in [6, 6.07) is 13.4. The molecular formula is C23H22N4O4. The van der Waals surface area contributed by atoms with Crippen LogP contribution in [0.3, 0.4) is 0 Å². The number of nitrogens with one attached hydrogen (secondary N) is 2. The van der Waals surface area contributed by atoms with E-state index in [1.165, 1.54) is 12.1 Å². The maximum absolute atomic E-state index is 12.5. The van der Waals surface area contributed by atoms with Crippen molar-refractivity contribution in [3.63, 3.8) is 0 Å². The van der Waals surface area contributed by atoms with Gasteiger partial charge in [-0.3, -0.25) is 14.6 Å². The summed E-state index contributed by atoms with van der Waals surface area (Å²) >= 11 is 0. The summed E-state index contributed by atoms with van der Waals surface area (Å²) in [4.78, 5) is 44.7. The molecule has 3 aromatic rings. The summed E-state index contributed by atoms with van der Waals surface area (Å²) < 4.78 is 4.97. The maximum atomic E-state index is 12.5. The molecular weight excluding hydrogens is 396 g/mol. The molecule has 0 fully saturated rings. The number of benzene rings is 1. The average Bonchev–Trinajstić information content (AvgIpc) is 2.78. The van der Waals surface area contributed by atoms with Gasteiger partial charge in [0.2, 0.25) is 0 Å². The predicted molar refractivity (Wildman–Crippen MR) is 115 cm³/mol. The van der Waals surface area contributed by atoms with Crippen molar-refractivity contribution in [2.75, 3.05) is 11.9 Å². The lowest BCUT2D eigenvalue weighted by atomic mass is 10.1. The second-order valence-electron chi connectivity index (χ2n) is 6.62. The van der Waals surface area contributed by atoms with Gasteiger partial charge in [-0.25, -0.2) is 9.78 Å². The zero-order valence-corrected chi connectivity index (χ0v) is 17.2. The molecule has 0 radical (unpaired) electrons. The standard InChI is InChI=1S/C23H22N4O4/c1-3-31-23(30)19-7-8-20(26-15(19)2)22(29)25-14-16-5-4-6-18(13-16)27-21(28)17-9-11-24-12-10-17/h4-13H,3,14H2,1-2H3,(H,25,29)(H,27,28). The highest BCUT2D eigenvalue weighted by Gasteiger charge is 2.15. The summed E-state index contributed by atoms with van der Waals surface area (Å²) in [7, 11) is 0. The van der Waals surface area contributed by atoms with Crippen LogP contribution < -0.4 is 10.6 Å². The monoisotopic (exact) mass is 418 g/mol. The van der Waals surface area contributed by atoms with Gasteiger partial charge in [0.05, 0.1) is 17.9 Å². The van der Waals surface area contributed by atoms with Crippen LogP contribution in [-0.2, 0) is 11.3 Å². The first-order valence-electron chi connectivity index (χ1n) is 9.71. The van der Waals surface area contributed by atoms with Gasteiger partial charge in [0, 0.05) is 30.2 Å². The van der Waals surface area contributed by atoms with Gasteiger partial charge < -0.3 is 15.4 Å². The van der Waals surface area contributed by atoms with E-state index in [2.05, 4.69) is 20.6 Å². The van der Waals surface area contributed by atoms with Crippen molar-refractivity contribution >= 4 is 23.5 Å². The SMILES string of the molecule is CCOC(=O)c1ccc(C(=O)NCc2cccc(NC(=O)c3ccncc3)c2)nc1C. The zero-order valence-electron chi connectivity index (χ0n) is 17.2. The number of carbonyl (C=O) groups excluding carboxylic acids is 3. The quantitative estimate of drug-likeness (QED) is 0.571. The Morgan fingerprint density at radius 2 is 1.77 bits per heavy atom. The van der Waals surface area contributed by atoms with Crippen LogP contribution >= 0.6 is 0 Å². The minimum Gasteiger partial charge on any atom is -0.462 e. The summed E-state index contributed by atoms with van der Waals surface area (Å²) in [5, 5.41) is 5.61. The van der Waals surface area contributed by atoms with Gasteiger partial charge in [0.15, 0.2) is 0 Å². The minimum absolute atomic E-state index is 0.202. The molecule has 0 aliphatic heterocycles. The number of nitrogens with zero attached hydrogens (tertiary/aromatic N) is 2. The number of anilines is 1. The second-order valence-corrected chi connectivity index (χ2v) is 6.62. The summed E-state index contributed by atoms with van der Waals surface area (Å²) in [6.45, 7) is 3.89. The van der Waals surface area contributed by atoms with E-state index in [0.717, 1.165) is 5.56 Å². The highest BCUT2D eigenvalue weighted by molar-refractivity contribution is 6.04. The molecule has 0 spiro atoms. The van der Waals surface area contributed by atoms with Gasteiger partial charge >= 0.3 is 5.97 Å².